The van der Waals surface area contributed by atoms with E-state index in [1.807, 2.05) is 19.9 Å². The van der Waals surface area contributed by atoms with E-state index in [-0.39, 0.29) is 5.63 Å². The predicted molar refractivity (Wildman–Crippen MR) is 63.0 cm³/mol. The van der Waals surface area contributed by atoms with Crippen LogP contribution in [0.1, 0.15) is 19.6 Å². The molecule has 0 saturated heterocycles. The summed E-state index contributed by atoms with van der Waals surface area (Å²) in [7, 11) is 0. The molecule has 1 N–H and O–H groups in total. The standard InChI is InChI=1S/C12H15NO2/c1-4-6-9(3)11-8-7-10(13-5-2)12(14)15-11/h4,6-8,13H,3,5H2,1-2H3/b6-4-. The molecule has 1 aromatic heterocycles. The van der Waals surface area contributed by atoms with Gasteiger partial charge in [-0.2, -0.15) is 0 Å². The molecule has 1 aromatic rings. The van der Waals surface area contributed by atoms with E-state index in [0.717, 1.165) is 0 Å². The molecular formula is C12H15NO2. The lowest BCUT2D eigenvalue weighted by atomic mass is 10.2. The first kappa shape index (κ1) is 11.3. The Hall–Kier alpha value is -1.77. The minimum absolute atomic E-state index is 0.361. The number of nitrogens with one attached hydrogen (secondary N) is 1. The van der Waals surface area contributed by atoms with Gasteiger partial charge in [-0.3, -0.25) is 0 Å². The summed E-state index contributed by atoms with van der Waals surface area (Å²) in [6.07, 6.45) is 3.64. The van der Waals surface area contributed by atoms with Gasteiger partial charge in [0.25, 0.3) is 0 Å². The first-order chi connectivity index (χ1) is 7.19. The Bertz CT molecular complexity index is 429. The molecular weight excluding hydrogens is 190 g/mol. The average Bonchev–Trinajstić information content (AvgIpc) is 2.21. The molecule has 0 aromatic carbocycles. The van der Waals surface area contributed by atoms with Gasteiger partial charge in [0.2, 0.25) is 0 Å². The van der Waals surface area contributed by atoms with Gasteiger partial charge in [-0.05, 0) is 26.0 Å². The lowest BCUT2D eigenvalue weighted by molar-refractivity contribution is 0.501. The summed E-state index contributed by atoms with van der Waals surface area (Å²) in [4.78, 5) is 11.4. The first-order valence-corrected chi connectivity index (χ1v) is 4.89. The maximum absolute atomic E-state index is 11.4. The SMILES string of the molecule is C=C(/C=C\C)c1ccc(NCC)c(=O)o1. The molecule has 0 aliphatic carbocycles. The van der Waals surface area contributed by atoms with Crippen LogP contribution < -0.4 is 10.9 Å². The van der Waals surface area contributed by atoms with Gasteiger partial charge in [-0.15, -0.1) is 0 Å². The zero-order valence-electron chi connectivity index (χ0n) is 9.04. The number of hydrogen-bond donors (Lipinski definition) is 1. The second-order valence-corrected chi connectivity index (χ2v) is 3.06. The van der Waals surface area contributed by atoms with E-state index in [4.69, 9.17) is 4.42 Å². The largest absolute Gasteiger partial charge is 0.421 e. The Balaban J connectivity index is 3.01. The van der Waals surface area contributed by atoms with E-state index >= 15 is 0 Å². The molecule has 15 heavy (non-hydrogen) atoms. The maximum Gasteiger partial charge on any atom is 0.359 e. The fraction of sp³-hybridized carbons (Fsp3) is 0.250. The monoisotopic (exact) mass is 205 g/mol. The molecule has 3 heteroatoms. The van der Waals surface area contributed by atoms with Crippen LogP contribution in [0.2, 0.25) is 0 Å². The second kappa shape index (κ2) is 5.20. The van der Waals surface area contributed by atoms with Gasteiger partial charge in [0.15, 0.2) is 0 Å². The van der Waals surface area contributed by atoms with Crippen molar-refractivity contribution in [2.24, 2.45) is 0 Å². The van der Waals surface area contributed by atoms with Crippen molar-refractivity contribution in [3.63, 3.8) is 0 Å². The third-order valence-corrected chi connectivity index (χ3v) is 1.88. The summed E-state index contributed by atoms with van der Waals surface area (Å²) in [5.74, 6) is 0.500. The molecule has 0 unspecified atom stereocenters. The molecule has 0 saturated carbocycles. The van der Waals surface area contributed by atoms with Crippen molar-refractivity contribution in [1.29, 1.82) is 0 Å². The Labute approximate surface area is 89.1 Å². The van der Waals surface area contributed by atoms with E-state index < -0.39 is 0 Å². The highest BCUT2D eigenvalue weighted by molar-refractivity contribution is 5.68. The van der Waals surface area contributed by atoms with Crippen molar-refractivity contribution in [1.82, 2.24) is 0 Å². The van der Waals surface area contributed by atoms with Crippen molar-refractivity contribution >= 4 is 11.3 Å². The number of allylic oxidation sites excluding steroid dienone is 3. The molecule has 0 fully saturated rings. The second-order valence-electron chi connectivity index (χ2n) is 3.06. The van der Waals surface area contributed by atoms with E-state index in [1.54, 1.807) is 18.2 Å². The van der Waals surface area contributed by atoms with Crippen LogP contribution in [-0.2, 0) is 0 Å². The van der Waals surface area contributed by atoms with Gasteiger partial charge in [-0.25, -0.2) is 4.79 Å². The Morgan fingerprint density at radius 1 is 1.60 bits per heavy atom. The lowest BCUT2D eigenvalue weighted by Gasteiger charge is -2.02. The normalized spacial score (nSPS) is 10.5. The summed E-state index contributed by atoms with van der Waals surface area (Å²) in [5.41, 5.74) is 0.812. The van der Waals surface area contributed by atoms with Crippen LogP contribution in [0.5, 0.6) is 0 Å². The fourth-order valence-electron chi connectivity index (χ4n) is 1.19. The molecule has 80 valence electrons. The molecule has 0 aliphatic heterocycles. The maximum atomic E-state index is 11.4. The van der Waals surface area contributed by atoms with Gasteiger partial charge in [0.1, 0.15) is 11.4 Å². The Morgan fingerprint density at radius 3 is 2.87 bits per heavy atom. The molecule has 3 nitrogen and oxygen atoms in total. The van der Waals surface area contributed by atoms with Gasteiger partial charge in [-0.1, -0.05) is 18.7 Å². The summed E-state index contributed by atoms with van der Waals surface area (Å²) in [6.45, 7) is 8.29. The molecule has 1 heterocycles. The van der Waals surface area contributed by atoms with Crippen LogP contribution in [0.3, 0.4) is 0 Å². The highest BCUT2D eigenvalue weighted by Gasteiger charge is 2.03. The lowest BCUT2D eigenvalue weighted by Crippen LogP contribution is -2.10. The average molecular weight is 205 g/mol. The van der Waals surface area contributed by atoms with Crippen molar-refractivity contribution in [2.45, 2.75) is 13.8 Å². The third-order valence-electron chi connectivity index (χ3n) is 1.88. The fourth-order valence-corrected chi connectivity index (χ4v) is 1.19. The Kier molecular flexibility index (Phi) is 3.92. The topological polar surface area (TPSA) is 42.2 Å². The van der Waals surface area contributed by atoms with Crippen LogP contribution in [0.25, 0.3) is 5.57 Å². The van der Waals surface area contributed by atoms with Gasteiger partial charge < -0.3 is 9.73 Å². The van der Waals surface area contributed by atoms with Crippen LogP contribution in [0.15, 0.2) is 40.1 Å². The molecule has 0 atom stereocenters. The molecule has 0 amide bonds. The zero-order chi connectivity index (χ0) is 11.3. The van der Waals surface area contributed by atoms with Crippen LogP contribution in [-0.4, -0.2) is 6.54 Å². The number of hydrogen-bond acceptors (Lipinski definition) is 3. The molecule has 1 rings (SSSR count). The van der Waals surface area contributed by atoms with E-state index in [9.17, 15) is 4.79 Å². The van der Waals surface area contributed by atoms with E-state index in [1.165, 1.54) is 0 Å². The molecule has 0 radical (unpaired) electrons. The van der Waals surface area contributed by atoms with Gasteiger partial charge in [0, 0.05) is 12.1 Å². The highest BCUT2D eigenvalue weighted by Crippen LogP contribution is 2.13. The van der Waals surface area contributed by atoms with Gasteiger partial charge >= 0.3 is 5.63 Å². The highest BCUT2D eigenvalue weighted by atomic mass is 16.4. The molecule has 0 spiro atoms. The summed E-state index contributed by atoms with van der Waals surface area (Å²) < 4.78 is 5.11. The van der Waals surface area contributed by atoms with Crippen LogP contribution in [0.4, 0.5) is 5.69 Å². The molecule has 0 aliphatic rings. The number of rotatable bonds is 4. The van der Waals surface area contributed by atoms with Crippen LogP contribution in [0, 0.1) is 0 Å². The van der Waals surface area contributed by atoms with Crippen molar-refractivity contribution in [3.8, 4) is 0 Å². The van der Waals surface area contributed by atoms with Crippen LogP contribution >= 0.6 is 0 Å². The number of anilines is 1. The van der Waals surface area contributed by atoms with Crippen molar-refractivity contribution in [2.75, 3.05) is 11.9 Å². The zero-order valence-corrected chi connectivity index (χ0v) is 9.04. The molecule has 0 bridgehead atoms. The third kappa shape index (κ3) is 2.84. The predicted octanol–water partition coefficient (Wildman–Crippen LogP) is 2.66. The summed E-state index contributed by atoms with van der Waals surface area (Å²) >= 11 is 0. The minimum Gasteiger partial charge on any atom is -0.421 e. The van der Waals surface area contributed by atoms with Gasteiger partial charge in [0.05, 0.1) is 0 Å². The first-order valence-electron chi connectivity index (χ1n) is 4.89. The summed E-state index contributed by atoms with van der Waals surface area (Å²) in [5, 5.41) is 2.92. The van der Waals surface area contributed by atoms with E-state index in [2.05, 4.69) is 11.9 Å². The quantitative estimate of drug-likeness (QED) is 0.768. The summed E-state index contributed by atoms with van der Waals surface area (Å²) in [6, 6.07) is 3.45. The van der Waals surface area contributed by atoms with Crippen molar-refractivity contribution < 1.29 is 4.42 Å². The minimum atomic E-state index is -0.361. The van der Waals surface area contributed by atoms with E-state index in [0.29, 0.717) is 23.6 Å². The smallest absolute Gasteiger partial charge is 0.359 e. The van der Waals surface area contributed by atoms with Crippen molar-refractivity contribution in [3.05, 3.63) is 47.0 Å². The Morgan fingerprint density at radius 2 is 2.33 bits per heavy atom.